The van der Waals surface area contributed by atoms with Crippen molar-refractivity contribution in [3.05, 3.63) is 22.1 Å². The zero-order chi connectivity index (χ0) is 14.9. The van der Waals surface area contributed by atoms with Crippen LogP contribution in [0.2, 0.25) is 0 Å². The highest BCUT2D eigenvalue weighted by molar-refractivity contribution is 5.31. The molecule has 1 aromatic heterocycles. The zero-order valence-corrected chi connectivity index (χ0v) is 11.4. The first-order valence-corrected chi connectivity index (χ1v) is 6.37. The van der Waals surface area contributed by atoms with Gasteiger partial charge >= 0.3 is 6.18 Å². The number of anilines is 1. The third-order valence-corrected chi connectivity index (χ3v) is 3.59. The standard InChI is InChI=1S/C12H17F3N4O/c1-18-5-3-8(4-6-18)19(2)11-16-9(12(13,14)15)7-10(20)17-11/h7-8H,3-6H2,1-2H3,(H,16,17,20). The number of halogens is 3. The van der Waals surface area contributed by atoms with Crippen LogP contribution in [0.5, 0.6) is 0 Å². The summed E-state index contributed by atoms with van der Waals surface area (Å²) in [5, 5.41) is 0. The molecule has 112 valence electrons. The number of hydrogen-bond acceptors (Lipinski definition) is 4. The third-order valence-electron chi connectivity index (χ3n) is 3.59. The molecule has 0 amide bonds. The molecule has 8 heteroatoms. The molecular weight excluding hydrogens is 273 g/mol. The van der Waals surface area contributed by atoms with E-state index in [-0.39, 0.29) is 12.0 Å². The van der Waals surface area contributed by atoms with Crippen LogP contribution in [0.25, 0.3) is 0 Å². The lowest BCUT2D eigenvalue weighted by molar-refractivity contribution is -0.141. The quantitative estimate of drug-likeness (QED) is 0.892. The summed E-state index contributed by atoms with van der Waals surface area (Å²) in [7, 11) is 3.66. The molecular formula is C12H17F3N4O. The van der Waals surface area contributed by atoms with Crippen LogP contribution in [0, 0.1) is 0 Å². The van der Waals surface area contributed by atoms with Crippen molar-refractivity contribution in [3.63, 3.8) is 0 Å². The second kappa shape index (κ2) is 5.43. The lowest BCUT2D eigenvalue weighted by atomic mass is 10.0. The predicted octanol–water partition coefficient (Wildman–Crippen LogP) is 1.32. The van der Waals surface area contributed by atoms with Crippen LogP contribution in [-0.2, 0) is 6.18 Å². The third kappa shape index (κ3) is 3.30. The number of aromatic nitrogens is 2. The van der Waals surface area contributed by atoms with Crippen molar-refractivity contribution < 1.29 is 13.2 Å². The number of likely N-dealkylation sites (tertiary alicyclic amines) is 1. The van der Waals surface area contributed by atoms with Gasteiger partial charge in [0.25, 0.3) is 5.56 Å². The number of nitrogens with zero attached hydrogens (tertiary/aromatic N) is 3. The molecule has 0 atom stereocenters. The number of nitrogens with one attached hydrogen (secondary N) is 1. The first-order valence-electron chi connectivity index (χ1n) is 6.37. The molecule has 0 aliphatic carbocycles. The minimum atomic E-state index is -4.61. The SMILES string of the molecule is CN1CCC(N(C)c2nc(C(F)(F)F)cc(=O)[nH]2)CC1. The molecule has 0 bridgehead atoms. The Kier molecular flexibility index (Phi) is 4.03. The Balaban J connectivity index is 2.24. The molecule has 0 aromatic carbocycles. The van der Waals surface area contributed by atoms with Gasteiger partial charge in [0.1, 0.15) is 0 Å². The molecule has 1 aliphatic rings. The summed E-state index contributed by atoms with van der Waals surface area (Å²) in [5.41, 5.74) is -1.95. The average molecular weight is 290 g/mol. The maximum absolute atomic E-state index is 12.7. The second-order valence-electron chi connectivity index (χ2n) is 5.10. The number of H-pyrrole nitrogens is 1. The van der Waals surface area contributed by atoms with Crippen LogP contribution >= 0.6 is 0 Å². The van der Waals surface area contributed by atoms with Gasteiger partial charge in [-0.3, -0.25) is 9.78 Å². The molecule has 0 saturated carbocycles. The number of hydrogen-bond donors (Lipinski definition) is 1. The molecule has 0 spiro atoms. The highest BCUT2D eigenvalue weighted by Gasteiger charge is 2.34. The van der Waals surface area contributed by atoms with Crippen LogP contribution in [0.3, 0.4) is 0 Å². The number of alkyl halides is 3. The Morgan fingerprint density at radius 2 is 2.00 bits per heavy atom. The summed E-state index contributed by atoms with van der Waals surface area (Å²) in [4.78, 5) is 21.1. The van der Waals surface area contributed by atoms with Crippen LogP contribution in [-0.4, -0.2) is 48.1 Å². The molecule has 1 aromatic rings. The van der Waals surface area contributed by atoms with Gasteiger partial charge in [-0.15, -0.1) is 0 Å². The van der Waals surface area contributed by atoms with Crippen molar-refractivity contribution in [1.82, 2.24) is 14.9 Å². The van der Waals surface area contributed by atoms with Crippen LogP contribution in [0.4, 0.5) is 19.1 Å². The number of rotatable bonds is 2. The van der Waals surface area contributed by atoms with E-state index in [1.165, 1.54) is 0 Å². The second-order valence-corrected chi connectivity index (χ2v) is 5.10. The van der Waals surface area contributed by atoms with E-state index in [9.17, 15) is 18.0 Å². The number of aromatic amines is 1. The monoisotopic (exact) mass is 290 g/mol. The van der Waals surface area contributed by atoms with Crippen molar-refractivity contribution in [1.29, 1.82) is 0 Å². The molecule has 1 N–H and O–H groups in total. The van der Waals surface area contributed by atoms with E-state index in [1.54, 1.807) is 11.9 Å². The number of piperidine rings is 1. The smallest absolute Gasteiger partial charge is 0.342 e. The van der Waals surface area contributed by atoms with Gasteiger partial charge in [-0.1, -0.05) is 0 Å². The Bertz CT molecular complexity index is 520. The summed E-state index contributed by atoms with van der Waals surface area (Å²) < 4.78 is 38.0. The van der Waals surface area contributed by atoms with Crippen molar-refractivity contribution in [2.24, 2.45) is 0 Å². The average Bonchev–Trinajstić information content (AvgIpc) is 2.37. The molecule has 1 fully saturated rings. The molecule has 2 rings (SSSR count). The molecule has 0 radical (unpaired) electrons. The normalized spacial score (nSPS) is 18.2. The minimum absolute atomic E-state index is 0.0284. The zero-order valence-electron chi connectivity index (χ0n) is 11.4. The fourth-order valence-corrected chi connectivity index (χ4v) is 2.31. The molecule has 2 heterocycles. The van der Waals surface area contributed by atoms with Gasteiger partial charge in [-0.2, -0.15) is 13.2 Å². The van der Waals surface area contributed by atoms with Gasteiger partial charge in [0.2, 0.25) is 5.95 Å². The van der Waals surface area contributed by atoms with E-state index in [4.69, 9.17) is 0 Å². The molecule has 1 aliphatic heterocycles. The van der Waals surface area contributed by atoms with Gasteiger partial charge in [-0.05, 0) is 33.0 Å². The molecule has 1 saturated heterocycles. The van der Waals surface area contributed by atoms with Gasteiger partial charge < -0.3 is 9.80 Å². The first kappa shape index (κ1) is 14.8. The van der Waals surface area contributed by atoms with Crippen molar-refractivity contribution in [2.75, 3.05) is 32.1 Å². The first-order chi connectivity index (χ1) is 9.27. The van der Waals surface area contributed by atoms with Crippen LogP contribution in [0.1, 0.15) is 18.5 Å². The summed E-state index contributed by atoms with van der Waals surface area (Å²) in [5.74, 6) is -0.0284. The van der Waals surface area contributed by atoms with Crippen molar-refractivity contribution >= 4 is 5.95 Å². The van der Waals surface area contributed by atoms with Gasteiger partial charge in [0.05, 0.1) is 0 Å². The maximum Gasteiger partial charge on any atom is 0.433 e. The molecule has 20 heavy (non-hydrogen) atoms. The summed E-state index contributed by atoms with van der Waals surface area (Å²) in [6.45, 7) is 1.75. The van der Waals surface area contributed by atoms with Crippen molar-refractivity contribution in [3.8, 4) is 0 Å². The molecule has 0 unspecified atom stereocenters. The van der Waals surface area contributed by atoms with E-state index in [0.29, 0.717) is 6.07 Å². The van der Waals surface area contributed by atoms with Gasteiger partial charge in [0.15, 0.2) is 5.69 Å². The maximum atomic E-state index is 12.7. The van der Waals surface area contributed by atoms with E-state index in [2.05, 4.69) is 14.9 Å². The summed E-state index contributed by atoms with van der Waals surface area (Å²) in [6, 6.07) is 0.559. The Hall–Kier alpha value is -1.57. The summed E-state index contributed by atoms with van der Waals surface area (Å²) in [6.07, 6.45) is -2.96. The van der Waals surface area contributed by atoms with E-state index >= 15 is 0 Å². The van der Waals surface area contributed by atoms with E-state index in [0.717, 1.165) is 25.9 Å². The Labute approximate surface area is 114 Å². The highest BCUT2D eigenvalue weighted by atomic mass is 19.4. The molecule has 5 nitrogen and oxygen atoms in total. The van der Waals surface area contributed by atoms with Gasteiger partial charge in [-0.25, -0.2) is 4.98 Å². The topological polar surface area (TPSA) is 52.2 Å². The highest BCUT2D eigenvalue weighted by Crippen LogP contribution is 2.28. The fourth-order valence-electron chi connectivity index (χ4n) is 2.31. The van der Waals surface area contributed by atoms with Crippen molar-refractivity contribution in [2.45, 2.75) is 25.1 Å². The van der Waals surface area contributed by atoms with Gasteiger partial charge in [0, 0.05) is 19.2 Å². The van der Waals surface area contributed by atoms with Crippen LogP contribution < -0.4 is 10.5 Å². The van der Waals surface area contributed by atoms with E-state index < -0.39 is 17.4 Å². The predicted molar refractivity (Wildman–Crippen MR) is 68.8 cm³/mol. The fraction of sp³-hybridized carbons (Fsp3) is 0.667. The van der Waals surface area contributed by atoms with Crippen LogP contribution in [0.15, 0.2) is 10.9 Å². The Morgan fingerprint density at radius 1 is 1.40 bits per heavy atom. The Morgan fingerprint density at radius 3 is 2.55 bits per heavy atom. The lowest BCUT2D eigenvalue weighted by Crippen LogP contribution is -2.43. The largest absolute Gasteiger partial charge is 0.433 e. The summed E-state index contributed by atoms with van der Waals surface area (Å²) >= 11 is 0. The minimum Gasteiger partial charge on any atom is -0.342 e. The van der Waals surface area contributed by atoms with E-state index in [1.807, 2.05) is 7.05 Å². The lowest BCUT2D eigenvalue weighted by Gasteiger charge is -2.35.